The van der Waals surface area contributed by atoms with Crippen LogP contribution in [0.5, 0.6) is 0 Å². The van der Waals surface area contributed by atoms with Crippen LogP contribution in [0.15, 0.2) is 41.3 Å². The van der Waals surface area contributed by atoms with Crippen molar-refractivity contribution < 1.29 is 8.42 Å². The average molecular weight is 358 g/mol. The number of nitrogens with one attached hydrogen (secondary N) is 1. The lowest BCUT2D eigenvalue weighted by atomic mass is 10.1. The largest absolute Gasteiger partial charge is 0.377 e. The third kappa shape index (κ3) is 4.57. The lowest BCUT2D eigenvalue weighted by Gasteiger charge is -2.17. The second-order valence-electron chi connectivity index (χ2n) is 5.72. The lowest BCUT2D eigenvalue weighted by molar-refractivity contribution is 0.412. The topological polar surface area (TPSA) is 52.7 Å². The van der Waals surface area contributed by atoms with Gasteiger partial charge in [-0.2, -0.15) is 0 Å². The Labute approximate surface area is 144 Å². The summed E-state index contributed by atoms with van der Waals surface area (Å²) in [4.78, 5) is 4.25. The van der Waals surface area contributed by atoms with Crippen molar-refractivity contribution in [1.82, 2.24) is 9.62 Å². The highest BCUT2D eigenvalue weighted by atomic mass is 35.5. The lowest BCUT2D eigenvalue weighted by Crippen LogP contribution is -2.31. The second kappa shape index (κ2) is 7.97. The molecular weight excluding hydrogens is 334 g/mol. The Hall–Kier alpha value is -1.34. The summed E-state index contributed by atoms with van der Waals surface area (Å²) in [5.41, 5.74) is 1.00. The molecule has 0 saturated carbocycles. The molecule has 0 aliphatic carbocycles. The van der Waals surface area contributed by atoms with Crippen LogP contribution < -0.4 is 9.62 Å². The quantitative estimate of drug-likeness (QED) is 0.860. The van der Waals surface area contributed by atoms with Gasteiger partial charge in [0.25, 0.3) is 0 Å². The van der Waals surface area contributed by atoms with Crippen molar-refractivity contribution in [2.24, 2.45) is 0 Å². The number of sulfonamides is 1. The van der Waals surface area contributed by atoms with Gasteiger partial charge in [-0.3, -0.25) is 0 Å². The zero-order valence-electron chi connectivity index (χ0n) is 13.9. The van der Waals surface area contributed by atoms with Crippen LogP contribution in [-0.4, -0.2) is 54.6 Å². The standard InChI is InChI=1S/C16H23N3O2S.ClH/c1-18(2)12-11-17-22(20,21)16-10-6-7-13-14(16)8-5-9-15(13)19(3)4;/h5-10,17H,11-12H2,1-4H3;1H. The first-order chi connectivity index (χ1) is 10.3. The van der Waals surface area contributed by atoms with Gasteiger partial charge in [0.05, 0.1) is 4.90 Å². The molecule has 1 N–H and O–H groups in total. The van der Waals surface area contributed by atoms with Crippen LogP contribution >= 0.6 is 12.4 Å². The number of hydrogen-bond acceptors (Lipinski definition) is 4. The monoisotopic (exact) mass is 357 g/mol. The SMILES string of the molecule is CN(C)CCNS(=O)(=O)c1cccc2c(N(C)C)cccc12.Cl. The molecule has 128 valence electrons. The van der Waals surface area contributed by atoms with Crippen LogP contribution in [0, 0.1) is 0 Å². The third-order valence-electron chi connectivity index (χ3n) is 3.48. The van der Waals surface area contributed by atoms with Gasteiger partial charge in [0.1, 0.15) is 0 Å². The van der Waals surface area contributed by atoms with Crippen molar-refractivity contribution in [3.63, 3.8) is 0 Å². The van der Waals surface area contributed by atoms with Crippen molar-refractivity contribution >= 4 is 38.9 Å². The van der Waals surface area contributed by atoms with Crippen molar-refractivity contribution in [1.29, 1.82) is 0 Å². The van der Waals surface area contributed by atoms with E-state index in [9.17, 15) is 8.42 Å². The van der Waals surface area contributed by atoms with Gasteiger partial charge < -0.3 is 9.80 Å². The van der Waals surface area contributed by atoms with Crippen LogP contribution in [0.2, 0.25) is 0 Å². The number of benzene rings is 2. The first kappa shape index (κ1) is 19.7. The number of nitrogens with zero attached hydrogens (tertiary/aromatic N) is 2. The smallest absolute Gasteiger partial charge is 0.241 e. The number of likely N-dealkylation sites (N-methyl/N-ethyl adjacent to an activating group) is 1. The Kier molecular flexibility index (Phi) is 6.83. The van der Waals surface area contributed by atoms with Gasteiger partial charge >= 0.3 is 0 Å². The van der Waals surface area contributed by atoms with Crippen molar-refractivity contribution in [2.45, 2.75) is 4.90 Å². The highest BCUT2D eigenvalue weighted by molar-refractivity contribution is 7.89. The molecule has 0 fully saturated rings. The minimum absolute atomic E-state index is 0. The molecular formula is C16H24ClN3O2S. The predicted molar refractivity (Wildman–Crippen MR) is 99.3 cm³/mol. The zero-order chi connectivity index (χ0) is 16.3. The van der Waals surface area contributed by atoms with Gasteiger partial charge in [-0.1, -0.05) is 24.3 Å². The minimum Gasteiger partial charge on any atom is -0.377 e. The highest BCUT2D eigenvalue weighted by Gasteiger charge is 2.17. The first-order valence-electron chi connectivity index (χ1n) is 7.16. The number of hydrogen-bond donors (Lipinski definition) is 1. The molecule has 0 aliphatic heterocycles. The van der Waals surface area contributed by atoms with Crippen LogP contribution in [0.25, 0.3) is 10.8 Å². The van der Waals surface area contributed by atoms with Crippen LogP contribution in [0.1, 0.15) is 0 Å². The molecule has 2 aromatic carbocycles. The molecule has 2 aromatic rings. The van der Waals surface area contributed by atoms with Gasteiger partial charge in [0.15, 0.2) is 0 Å². The fourth-order valence-electron chi connectivity index (χ4n) is 2.37. The highest BCUT2D eigenvalue weighted by Crippen LogP contribution is 2.29. The summed E-state index contributed by atoms with van der Waals surface area (Å²) in [7, 11) is 4.20. The van der Waals surface area contributed by atoms with E-state index in [4.69, 9.17) is 0 Å². The summed E-state index contributed by atoms with van der Waals surface area (Å²) in [6.45, 7) is 1.05. The van der Waals surface area contributed by atoms with E-state index >= 15 is 0 Å². The molecule has 2 rings (SSSR count). The van der Waals surface area contributed by atoms with Gasteiger partial charge in [-0.05, 0) is 26.2 Å². The van der Waals surface area contributed by atoms with E-state index in [1.54, 1.807) is 12.1 Å². The molecule has 0 saturated heterocycles. The van der Waals surface area contributed by atoms with E-state index < -0.39 is 10.0 Å². The van der Waals surface area contributed by atoms with E-state index in [0.29, 0.717) is 18.0 Å². The van der Waals surface area contributed by atoms with E-state index in [1.807, 2.05) is 62.3 Å². The molecule has 0 heterocycles. The summed E-state index contributed by atoms with van der Waals surface area (Å²) in [6, 6.07) is 11.1. The molecule has 5 nitrogen and oxygen atoms in total. The Balaban J connectivity index is 0.00000264. The number of fused-ring (bicyclic) bond motifs is 1. The van der Waals surface area contributed by atoms with E-state index in [2.05, 4.69) is 4.72 Å². The van der Waals surface area contributed by atoms with Crippen molar-refractivity contribution in [3.8, 4) is 0 Å². The molecule has 0 atom stereocenters. The van der Waals surface area contributed by atoms with E-state index in [-0.39, 0.29) is 12.4 Å². The fraction of sp³-hybridized carbons (Fsp3) is 0.375. The fourth-order valence-corrected chi connectivity index (χ4v) is 3.61. The number of halogens is 1. The van der Waals surface area contributed by atoms with E-state index in [1.165, 1.54) is 0 Å². The molecule has 0 radical (unpaired) electrons. The molecule has 0 spiro atoms. The first-order valence-corrected chi connectivity index (χ1v) is 8.65. The molecule has 0 amide bonds. The molecule has 0 unspecified atom stereocenters. The maximum Gasteiger partial charge on any atom is 0.241 e. The van der Waals surface area contributed by atoms with Crippen LogP contribution in [0.4, 0.5) is 5.69 Å². The van der Waals surface area contributed by atoms with Gasteiger partial charge in [0, 0.05) is 43.6 Å². The maximum absolute atomic E-state index is 12.6. The summed E-state index contributed by atoms with van der Waals surface area (Å²) in [5, 5.41) is 1.68. The van der Waals surface area contributed by atoms with Gasteiger partial charge in [-0.25, -0.2) is 13.1 Å². The summed E-state index contributed by atoms with van der Waals surface area (Å²) in [6.07, 6.45) is 0. The molecule has 7 heteroatoms. The van der Waals surface area contributed by atoms with Gasteiger partial charge in [0.2, 0.25) is 10.0 Å². The third-order valence-corrected chi connectivity index (χ3v) is 5.00. The van der Waals surface area contributed by atoms with Gasteiger partial charge in [-0.15, -0.1) is 12.4 Å². The summed E-state index contributed by atoms with van der Waals surface area (Å²) >= 11 is 0. The van der Waals surface area contributed by atoms with Crippen molar-refractivity contribution in [2.75, 3.05) is 46.2 Å². The predicted octanol–water partition coefficient (Wildman–Crippen LogP) is 2.17. The van der Waals surface area contributed by atoms with Crippen LogP contribution in [-0.2, 0) is 10.0 Å². The second-order valence-corrected chi connectivity index (χ2v) is 7.46. The zero-order valence-corrected chi connectivity index (χ0v) is 15.5. The van der Waals surface area contributed by atoms with Crippen LogP contribution in [0.3, 0.4) is 0 Å². The Morgan fingerprint density at radius 1 is 0.957 bits per heavy atom. The summed E-state index contributed by atoms with van der Waals surface area (Å²) in [5.74, 6) is 0. The molecule has 23 heavy (non-hydrogen) atoms. The van der Waals surface area contributed by atoms with E-state index in [0.717, 1.165) is 16.5 Å². The Morgan fingerprint density at radius 3 is 2.17 bits per heavy atom. The maximum atomic E-state index is 12.6. The average Bonchev–Trinajstić information content (AvgIpc) is 2.45. The van der Waals surface area contributed by atoms with Crippen molar-refractivity contribution in [3.05, 3.63) is 36.4 Å². The number of anilines is 1. The summed E-state index contributed by atoms with van der Waals surface area (Å²) < 4.78 is 27.8. The molecule has 0 bridgehead atoms. The number of rotatable bonds is 6. The Bertz CT molecular complexity index is 761. The normalized spacial score (nSPS) is 11.5. The minimum atomic E-state index is -3.52. The molecule has 0 aromatic heterocycles. The molecule has 0 aliphatic rings. The Morgan fingerprint density at radius 2 is 1.57 bits per heavy atom.